The van der Waals surface area contributed by atoms with Crippen molar-refractivity contribution < 1.29 is 19.1 Å². The first kappa shape index (κ1) is 22.8. The van der Waals surface area contributed by atoms with Gasteiger partial charge in [-0.05, 0) is 56.4 Å². The van der Waals surface area contributed by atoms with Crippen LogP contribution in [0.15, 0.2) is 54.6 Å². The van der Waals surface area contributed by atoms with Crippen LogP contribution in [-0.2, 0) is 9.59 Å². The second-order valence-corrected chi connectivity index (χ2v) is 8.72. The van der Waals surface area contributed by atoms with Crippen LogP contribution in [-0.4, -0.2) is 59.8 Å². The van der Waals surface area contributed by atoms with Gasteiger partial charge in [0, 0.05) is 18.7 Å². The van der Waals surface area contributed by atoms with Crippen LogP contribution in [0.25, 0.3) is 0 Å². The zero-order valence-electron chi connectivity index (χ0n) is 19.2. The summed E-state index contributed by atoms with van der Waals surface area (Å²) in [4.78, 5) is 43.1. The van der Waals surface area contributed by atoms with Crippen LogP contribution in [0, 0.1) is 0 Å². The summed E-state index contributed by atoms with van der Waals surface area (Å²) in [5.41, 5.74) is 1.52. The number of likely N-dealkylation sites (tertiary alicyclic amines) is 2. The number of benzene rings is 2. The normalized spacial score (nSPS) is 21.0. The maximum atomic E-state index is 13.5. The molecule has 0 unspecified atom stereocenters. The molecule has 0 bridgehead atoms. The molecule has 2 fully saturated rings. The number of hydrogen-bond donors (Lipinski definition) is 1. The van der Waals surface area contributed by atoms with Crippen molar-refractivity contribution in [3.63, 3.8) is 0 Å². The first-order chi connectivity index (χ1) is 16.0. The maximum absolute atomic E-state index is 13.5. The third-order valence-corrected chi connectivity index (χ3v) is 6.61. The molecular weight excluding hydrogens is 418 g/mol. The third-order valence-electron chi connectivity index (χ3n) is 6.61. The van der Waals surface area contributed by atoms with E-state index in [2.05, 4.69) is 5.32 Å². The lowest BCUT2D eigenvalue weighted by Gasteiger charge is -2.31. The van der Waals surface area contributed by atoms with Gasteiger partial charge in [0.15, 0.2) is 0 Å². The Labute approximate surface area is 194 Å². The highest BCUT2D eigenvalue weighted by Gasteiger charge is 2.42. The first-order valence-corrected chi connectivity index (χ1v) is 11.6. The van der Waals surface area contributed by atoms with E-state index >= 15 is 0 Å². The summed E-state index contributed by atoms with van der Waals surface area (Å²) in [6.07, 6.45) is 2.79. The van der Waals surface area contributed by atoms with Gasteiger partial charge in [0.25, 0.3) is 5.91 Å². The van der Waals surface area contributed by atoms with Crippen molar-refractivity contribution in [1.82, 2.24) is 15.1 Å². The van der Waals surface area contributed by atoms with E-state index < -0.39 is 12.1 Å². The molecule has 0 aromatic heterocycles. The van der Waals surface area contributed by atoms with Crippen molar-refractivity contribution >= 4 is 17.7 Å². The molecule has 3 amide bonds. The molecule has 0 radical (unpaired) electrons. The lowest BCUT2D eigenvalue weighted by atomic mass is 10.1. The van der Waals surface area contributed by atoms with E-state index in [0.29, 0.717) is 37.2 Å². The minimum atomic E-state index is -0.538. The van der Waals surface area contributed by atoms with E-state index in [0.717, 1.165) is 18.4 Å². The van der Waals surface area contributed by atoms with Crippen molar-refractivity contribution in [3.8, 4) is 5.75 Å². The molecule has 1 N–H and O–H groups in total. The Kier molecular flexibility index (Phi) is 6.96. The van der Waals surface area contributed by atoms with Crippen molar-refractivity contribution in [2.45, 2.75) is 50.7 Å². The molecule has 2 aliphatic heterocycles. The number of rotatable bonds is 6. The highest BCUT2D eigenvalue weighted by molar-refractivity contribution is 5.99. The average Bonchev–Trinajstić information content (AvgIpc) is 3.54. The van der Waals surface area contributed by atoms with E-state index in [9.17, 15) is 14.4 Å². The standard InChI is InChI=1S/C26H31N3O4/c1-18(19-9-4-3-5-10-19)27-24(30)22-13-7-15-28(22)26(32)23-14-8-16-29(23)25(31)20-11-6-12-21(17-20)33-2/h3-6,9-12,17-18,22-23H,7-8,13-16H2,1-2H3,(H,27,30)/t18-,22-,23-/m0/s1. The second-order valence-electron chi connectivity index (χ2n) is 8.72. The van der Waals surface area contributed by atoms with E-state index in [1.807, 2.05) is 37.3 Å². The number of carbonyl (C=O) groups excluding carboxylic acids is 3. The monoisotopic (exact) mass is 449 g/mol. The largest absolute Gasteiger partial charge is 0.497 e. The van der Waals surface area contributed by atoms with Crippen molar-refractivity contribution in [2.75, 3.05) is 20.2 Å². The number of carbonyl (C=O) groups is 3. The van der Waals surface area contributed by atoms with Gasteiger partial charge in [0.2, 0.25) is 11.8 Å². The summed E-state index contributed by atoms with van der Waals surface area (Å²) < 4.78 is 5.24. The summed E-state index contributed by atoms with van der Waals surface area (Å²) in [6, 6.07) is 15.6. The summed E-state index contributed by atoms with van der Waals surface area (Å²) in [5.74, 6) is 0.156. The number of methoxy groups -OCH3 is 1. The quantitative estimate of drug-likeness (QED) is 0.735. The van der Waals surface area contributed by atoms with Gasteiger partial charge in [0.1, 0.15) is 17.8 Å². The van der Waals surface area contributed by atoms with Gasteiger partial charge in [-0.15, -0.1) is 0 Å². The SMILES string of the molecule is COc1cccc(C(=O)N2CCC[C@H]2C(=O)N2CCC[C@H]2C(=O)N[C@@H](C)c2ccccc2)c1. The lowest BCUT2D eigenvalue weighted by molar-refractivity contribution is -0.141. The summed E-state index contributed by atoms with van der Waals surface area (Å²) >= 11 is 0. The highest BCUT2D eigenvalue weighted by Crippen LogP contribution is 2.27. The molecular formula is C26H31N3O4. The lowest BCUT2D eigenvalue weighted by Crippen LogP contribution is -2.53. The Morgan fingerprint density at radius 1 is 0.939 bits per heavy atom. The van der Waals surface area contributed by atoms with Crippen LogP contribution in [0.5, 0.6) is 5.75 Å². The highest BCUT2D eigenvalue weighted by atomic mass is 16.5. The van der Waals surface area contributed by atoms with Crippen molar-refractivity contribution in [3.05, 3.63) is 65.7 Å². The Morgan fingerprint density at radius 2 is 1.64 bits per heavy atom. The van der Waals surface area contributed by atoms with Crippen molar-refractivity contribution in [1.29, 1.82) is 0 Å². The number of nitrogens with zero attached hydrogens (tertiary/aromatic N) is 2. The minimum absolute atomic E-state index is 0.131. The van der Waals surface area contributed by atoms with Gasteiger partial charge >= 0.3 is 0 Å². The number of amides is 3. The summed E-state index contributed by atoms with van der Waals surface area (Å²) in [7, 11) is 1.56. The predicted octanol–water partition coefficient (Wildman–Crippen LogP) is 3.17. The Balaban J connectivity index is 1.45. The zero-order valence-corrected chi connectivity index (χ0v) is 19.2. The molecule has 7 nitrogen and oxygen atoms in total. The molecule has 2 aromatic carbocycles. The van der Waals surface area contributed by atoms with Crippen LogP contribution in [0.3, 0.4) is 0 Å². The van der Waals surface area contributed by atoms with Gasteiger partial charge in [-0.3, -0.25) is 14.4 Å². The second kappa shape index (κ2) is 10.1. The van der Waals surface area contributed by atoms with Crippen molar-refractivity contribution in [2.24, 2.45) is 0 Å². The van der Waals surface area contributed by atoms with Crippen LogP contribution in [0.4, 0.5) is 0 Å². The molecule has 0 saturated carbocycles. The van der Waals surface area contributed by atoms with Gasteiger partial charge in [-0.1, -0.05) is 36.4 Å². The van der Waals surface area contributed by atoms with Crippen LogP contribution in [0.1, 0.15) is 54.6 Å². The molecule has 3 atom stereocenters. The first-order valence-electron chi connectivity index (χ1n) is 11.6. The molecule has 7 heteroatoms. The molecule has 174 valence electrons. The molecule has 2 heterocycles. The van der Waals surface area contributed by atoms with E-state index in [1.165, 1.54) is 0 Å². The predicted molar refractivity (Wildman–Crippen MR) is 125 cm³/mol. The molecule has 2 aromatic rings. The van der Waals surface area contributed by atoms with Crippen LogP contribution in [0.2, 0.25) is 0 Å². The van der Waals surface area contributed by atoms with Crippen LogP contribution >= 0.6 is 0 Å². The van der Waals surface area contributed by atoms with E-state index in [-0.39, 0.29) is 23.8 Å². The molecule has 0 aliphatic carbocycles. The molecule has 4 rings (SSSR count). The fourth-order valence-electron chi connectivity index (χ4n) is 4.82. The molecule has 0 spiro atoms. The van der Waals surface area contributed by atoms with E-state index in [1.54, 1.807) is 41.2 Å². The Morgan fingerprint density at radius 3 is 2.36 bits per heavy atom. The molecule has 33 heavy (non-hydrogen) atoms. The number of hydrogen-bond acceptors (Lipinski definition) is 4. The Bertz CT molecular complexity index is 1010. The summed E-state index contributed by atoms with van der Waals surface area (Å²) in [5, 5.41) is 3.06. The van der Waals surface area contributed by atoms with Gasteiger partial charge in [-0.2, -0.15) is 0 Å². The fourth-order valence-corrected chi connectivity index (χ4v) is 4.82. The minimum Gasteiger partial charge on any atom is -0.497 e. The number of ether oxygens (including phenoxy) is 1. The molecule has 2 aliphatic rings. The van der Waals surface area contributed by atoms with Gasteiger partial charge < -0.3 is 19.9 Å². The van der Waals surface area contributed by atoms with E-state index in [4.69, 9.17) is 4.74 Å². The van der Waals surface area contributed by atoms with Gasteiger partial charge in [0.05, 0.1) is 13.2 Å². The Hall–Kier alpha value is -3.35. The topological polar surface area (TPSA) is 79.0 Å². The zero-order chi connectivity index (χ0) is 23.4. The maximum Gasteiger partial charge on any atom is 0.254 e. The van der Waals surface area contributed by atoms with Crippen LogP contribution < -0.4 is 10.1 Å². The number of nitrogens with one attached hydrogen (secondary N) is 1. The molecule has 2 saturated heterocycles. The summed E-state index contributed by atoms with van der Waals surface area (Å²) in [6.45, 7) is 3.01. The average molecular weight is 450 g/mol. The smallest absolute Gasteiger partial charge is 0.254 e. The van der Waals surface area contributed by atoms with Gasteiger partial charge in [-0.25, -0.2) is 0 Å². The third kappa shape index (κ3) is 4.87. The fraction of sp³-hybridized carbons (Fsp3) is 0.423.